The van der Waals surface area contributed by atoms with Crippen LogP contribution in [0.2, 0.25) is 0 Å². The fourth-order valence-corrected chi connectivity index (χ4v) is 3.11. The van der Waals surface area contributed by atoms with Crippen molar-refractivity contribution in [2.24, 2.45) is 0 Å². The number of nitrogens with zero attached hydrogens (tertiary/aromatic N) is 3. The molecule has 0 fully saturated rings. The predicted octanol–water partition coefficient (Wildman–Crippen LogP) is 3.43. The van der Waals surface area contributed by atoms with E-state index in [-0.39, 0.29) is 5.54 Å². The van der Waals surface area contributed by atoms with Gasteiger partial charge in [-0.15, -0.1) is 22.7 Å². The van der Waals surface area contributed by atoms with Gasteiger partial charge < -0.3 is 10.2 Å². The molecular weight excluding hydrogens is 288 g/mol. The van der Waals surface area contributed by atoms with Crippen molar-refractivity contribution in [3.05, 3.63) is 27.2 Å². The quantitative estimate of drug-likeness (QED) is 0.918. The topological polar surface area (TPSA) is 41.1 Å². The van der Waals surface area contributed by atoms with Gasteiger partial charge in [0.2, 0.25) is 0 Å². The van der Waals surface area contributed by atoms with E-state index in [1.165, 1.54) is 4.88 Å². The summed E-state index contributed by atoms with van der Waals surface area (Å²) in [4.78, 5) is 12.4. The summed E-state index contributed by atoms with van der Waals surface area (Å²) in [6.45, 7) is 10.2. The van der Waals surface area contributed by atoms with Crippen LogP contribution in [0.4, 0.5) is 5.13 Å². The van der Waals surface area contributed by atoms with Gasteiger partial charge in [0, 0.05) is 35.6 Å². The standard InChI is InChI=1S/C14H22N4S2/c1-10-17-11(9-19-10)8-18(5)13-15-6-12(20-13)7-16-14(2,3)4/h6,9,16H,7-8H2,1-5H3. The predicted molar refractivity (Wildman–Crippen MR) is 87.7 cm³/mol. The van der Waals surface area contributed by atoms with Gasteiger partial charge in [-0.2, -0.15) is 0 Å². The van der Waals surface area contributed by atoms with E-state index in [0.717, 1.165) is 28.9 Å². The molecule has 2 aromatic rings. The molecule has 0 radical (unpaired) electrons. The average Bonchev–Trinajstić information content (AvgIpc) is 2.95. The van der Waals surface area contributed by atoms with Crippen LogP contribution in [-0.2, 0) is 13.1 Å². The van der Waals surface area contributed by atoms with Crippen molar-refractivity contribution in [3.63, 3.8) is 0 Å². The zero-order valence-electron chi connectivity index (χ0n) is 12.7. The van der Waals surface area contributed by atoms with Crippen LogP contribution in [0.15, 0.2) is 11.6 Å². The van der Waals surface area contributed by atoms with E-state index < -0.39 is 0 Å². The maximum Gasteiger partial charge on any atom is 0.185 e. The van der Waals surface area contributed by atoms with Crippen molar-refractivity contribution >= 4 is 27.8 Å². The first kappa shape index (κ1) is 15.4. The Bertz CT molecular complexity index is 554. The van der Waals surface area contributed by atoms with Gasteiger partial charge in [0.1, 0.15) is 0 Å². The number of anilines is 1. The fraction of sp³-hybridized carbons (Fsp3) is 0.571. The highest BCUT2D eigenvalue weighted by Gasteiger charge is 2.12. The second kappa shape index (κ2) is 6.20. The summed E-state index contributed by atoms with van der Waals surface area (Å²) in [5.74, 6) is 0. The van der Waals surface area contributed by atoms with Crippen LogP contribution in [0.5, 0.6) is 0 Å². The minimum absolute atomic E-state index is 0.133. The second-order valence-electron chi connectivity index (χ2n) is 5.93. The minimum atomic E-state index is 0.133. The maximum absolute atomic E-state index is 4.50. The first-order valence-electron chi connectivity index (χ1n) is 6.65. The number of nitrogens with one attached hydrogen (secondary N) is 1. The van der Waals surface area contributed by atoms with E-state index in [1.807, 2.05) is 13.1 Å². The van der Waals surface area contributed by atoms with E-state index in [9.17, 15) is 0 Å². The number of rotatable bonds is 5. The van der Waals surface area contributed by atoms with Gasteiger partial charge in [0.25, 0.3) is 0 Å². The average molecular weight is 310 g/mol. The van der Waals surface area contributed by atoms with Crippen molar-refractivity contribution in [2.45, 2.75) is 46.3 Å². The third-order valence-electron chi connectivity index (χ3n) is 2.73. The van der Waals surface area contributed by atoms with Crippen LogP contribution >= 0.6 is 22.7 Å². The Balaban J connectivity index is 1.94. The molecule has 1 N–H and O–H groups in total. The molecule has 0 atom stereocenters. The van der Waals surface area contributed by atoms with Gasteiger partial charge in [-0.1, -0.05) is 0 Å². The van der Waals surface area contributed by atoms with Gasteiger partial charge in [0.05, 0.1) is 17.2 Å². The van der Waals surface area contributed by atoms with E-state index in [2.05, 4.69) is 53.4 Å². The minimum Gasteiger partial charge on any atom is -0.345 e. The fourth-order valence-electron chi connectivity index (χ4n) is 1.70. The summed E-state index contributed by atoms with van der Waals surface area (Å²) in [6, 6.07) is 0. The Morgan fingerprint density at radius 1 is 1.35 bits per heavy atom. The molecule has 0 aliphatic rings. The molecule has 0 unspecified atom stereocenters. The molecule has 4 nitrogen and oxygen atoms in total. The molecule has 2 aromatic heterocycles. The van der Waals surface area contributed by atoms with Crippen molar-refractivity contribution < 1.29 is 0 Å². The lowest BCUT2D eigenvalue weighted by molar-refractivity contribution is 0.426. The van der Waals surface area contributed by atoms with E-state index in [1.54, 1.807) is 22.7 Å². The molecule has 0 aromatic carbocycles. The van der Waals surface area contributed by atoms with Crippen LogP contribution in [0.1, 0.15) is 36.3 Å². The molecule has 2 rings (SSSR count). The first-order chi connectivity index (χ1) is 9.33. The number of hydrogen-bond acceptors (Lipinski definition) is 6. The Labute approximate surface area is 128 Å². The van der Waals surface area contributed by atoms with Crippen LogP contribution < -0.4 is 10.2 Å². The molecule has 0 spiro atoms. The highest BCUT2D eigenvalue weighted by atomic mass is 32.1. The molecule has 0 amide bonds. The Morgan fingerprint density at radius 3 is 2.70 bits per heavy atom. The SMILES string of the molecule is Cc1nc(CN(C)c2ncc(CNC(C)(C)C)s2)cs1. The normalized spacial score (nSPS) is 11.8. The molecule has 2 heterocycles. The zero-order chi connectivity index (χ0) is 14.8. The third-order valence-corrected chi connectivity index (χ3v) is 4.66. The largest absolute Gasteiger partial charge is 0.345 e. The Hall–Kier alpha value is -0.980. The van der Waals surface area contributed by atoms with Crippen molar-refractivity contribution in [2.75, 3.05) is 11.9 Å². The Kier molecular flexibility index (Phi) is 4.78. The highest BCUT2D eigenvalue weighted by molar-refractivity contribution is 7.15. The lowest BCUT2D eigenvalue weighted by atomic mass is 10.1. The molecule has 0 bridgehead atoms. The molecule has 20 heavy (non-hydrogen) atoms. The zero-order valence-corrected chi connectivity index (χ0v) is 14.4. The number of aryl methyl sites for hydroxylation is 1. The number of aromatic nitrogens is 2. The Morgan fingerprint density at radius 2 is 2.10 bits per heavy atom. The van der Waals surface area contributed by atoms with Crippen LogP contribution in [0.3, 0.4) is 0 Å². The molecule has 6 heteroatoms. The number of hydrogen-bond donors (Lipinski definition) is 1. The molecule has 0 saturated heterocycles. The summed E-state index contributed by atoms with van der Waals surface area (Å²) in [5, 5.41) is 7.75. The smallest absolute Gasteiger partial charge is 0.185 e. The second-order valence-corrected chi connectivity index (χ2v) is 8.08. The lowest BCUT2D eigenvalue weighted by Gasteiger charge is -2.19. The summed E-state index contributed by atoms with van der Waals surface area (Å²) in [6.07, 6.45) is 1.96. The van der Waals surface area contributed by atoms with Gasteiger partial charge in [-0.25, -0.2) is 9.97 Å². The van der Waals surface area contributed by atoms with Crippen molar-refractivity contribution in [3.8, 4) is 0 Å². The monoisotopic (exact) mass is 310 g/mol. The summed E-state index contributed by atoms with van der Waals surface area (Å²) < 4.78 is 0. The summed E-state index contributed by atoms with van der Waals surface area (Å²) >= 11 is 3.43. The van der Waals surface area contributed by atoms with Crippen LogP contribution in [-0.4, -0.2) is 22.6 Å². The van der Waals surface area contributed by atoms with Gasteiger partial charge in [0.15, 0.2) is 5.13 Å². The molecule has 110 valence electrons. The molecule has 0 saturated carbocycles. The van der Waals surface area contributed by atoms with Gasteiger partial charge in [-0.3, -0.25) is 0 Å². The molecule has 0 aliphatic carbocycles. The van der Waals surface area contributed by atoms with Gasteiger partial charge >= 0.3 is 0 Å². The maximum atomic E-state index is 4.50. The first-order valence-corrected chi connectivity index (χ1v) is 8.35. The van der Waals surface area contributed by atoms with Crippen LogP contribution in [0, 0.1) is 6.92 Å². The van der Waals surface area contributed by atoms with Crippen molar-refractivity contribution in [1.82, 2.24) is 15.3 Å². The van der Waals surface area contributed by atoms with E-state index in [4.69, 9.17) is 0 Å². The van der Waals surface area contributed by atoms with Crippen LogP contribution in [0.25, 0.3) is 0 Å². The van der Waals surface area contributed by atoms with E-state index >= 15 is 0 Å². The highest BCUT2D eigenvalue weighted by Crippen LogP contribution is 2.23. The summed E-state index contributed by atoms with van der Waals surface area (Å²) in [7, 11) is 2.06. The summed E-state index contributed by atoms with van der Waals surface area (Å²) in [5.41, 5.74) is 1.24. The number of thiazole rings is 2. The molecule has 0 aliphatic heterocycles. The lowest BCUT2D eigenvalue weighted by Crippen LogP contribution is -2.34. The van der Waals surface area contributed by atoms with Gasteiger partial charge in [-0.05, 0) is 27.7 Å². The third kappa shape index (κ3) is 4.54. The van der Waals surface area contributed by atoms with E-state index in [0.29, 0.717) is 0 Å². The van der Waals surface area contributed by atoms with Crippen molar-refractivity contribution in [1.29, 1.82) is 0 Å². The molecular formula is C14H22N4S2.